The molecule has 1 aromatic carbocycles. The van der Waals surface area contributed by atoms with Crippen molar-refractivity contribution in [1.29, 1.82) is 0 Å². The van der Waals surface area contributed by atoms with Crippen molar-refractivity contribution in [2.45, 2.75) is 36.2 Å². The highest BCUT2D eigenvalue weighted by molar-refractivity contribution is 7.98. The van der Waals surface area contributed by atoms with Gasteiger partial charge in [0.05, 0.1) is 12.0 Å². The number of aromatic nitrogens is 2. The second-order valence-electron chi connectivity index (χ2n) is 4.79. The van der Waals surface area contributed by atoms with Crippen molar-refractivity contribution in [3.05, 3.63) is 30.2 Å². The van der Waals surface area contributed by atoms with Gasteiger partial charge in [0.25, 0.3) is 0 Å². The Labute approximate surface area is 116 Å². The maximum atomic E-state index is 9.86. The lowest BCUT2D eigenvalue weighted by Crippen LogP contribution is -2.11. The van der Waals surface area contributed by atoms with E-state index in [2.05, 4.69) is 10.1 Å². The summed E-state index contributed by atoms with van der Waals surface area (Å²) in [7, 11) is 0. The molecule has 0 spiro atoms. The van der Waals surface area contributed by atoms with Crippen LogP contribution in [0, 0.1) is 0 Å². The first-order valence-electron chi connectivity index (χ1n) is 6.44. The molecule has 1 saturated carbocycles. The van der Waals surface area contributed by atoms with Crippen LogP contribution in [0.3, 0.4) is 0 Å². The number of thioether (sulfide) groups is 1. The van der Waals surface area contributed by atoms with E-state index in [1.54, 1.807) is 11.8 Å². The Morgan fingerprint density at radius 3 is 2.68 bits per heavy atom. The number of aliphatic hydroxyl groups is 1. The van der Waals surface area contributed by atoms with Crippen molar-refractivity contribution < 1.29 is 9.63 Å². The summed E-state index contributed by atoms with van der Waals surface area (Å²) in [6.45, 7) is 0. The molecule has 0 bridgehead atoms. The summed E-state index contributed by atoms with van der Waals surface area (Å²) in [5, 5.41) is 13.9. The Morgan fingerprint density at radius 2 is 2.05 bits per heavy atom. The molecule has 3 rings (SSSR count). The van der Waals surface area contributed by atoms with Gasteiger partial charge < -0.3 is 9.63 Å². The number of benzene rings is 1. The summed E-state index contributed by atoms with van der Waals surface area (Å²) < 4.78 is 5.30. The average Bonchev–Trinajstić information content (AvgIpc) is 3.07. The first-order valence-corrected chi connectivity index (χ1v) is 7.66. The number of rotatable bonds is 3. The molecule has 2 unspecified atom stereocenters. The average molecular weight is 276 g/mol. The Balaban J connectivity index is 1.83. The third-order valence-corrected chi connectivity index (χ3v) is 4.33. The second kappa shape index (κ2) is 5.35. The van der Waals surface area contributed by atoms with Gasteiger partial charge in [-0.05, 0) is 49.8 Å². The zero-order valence-corrected chi connectivity index (χ0v) is 11.6. The molecule has 2 atom stereocenters. The van der Waals surface area contributed by atoms with E-state index in [0.717, 1.165) is 24.8 Å². The fraction of sp³-hybridized carbons (Fsp3) is 0.429. The predicted molar refractivity (Wildman–Crippen MR) is 74.1 cm³/mol. The Bertz CT molecular complexity index is 553. The lowest BCUT2D eigenvalue weighted by atomic mass is 10.1. The van der Waals surface area contributed by atoms with Gasteiger partial charge in [0.2, 0.25) is 11.7 Å². The molecule has 1 aliphatic rings. The van der Waals surface area contributed by atoms with Gasteiger partial charge in [0.15, 0.2) is 0 Å². The summed E-state index contributed by atoms with van der Waals surface area (Å²) >= 11 is 1.70. The van der Waals surface area contributed by atoms with Crippen LogP contribution in [0.15, 0.2) is 33.7 Å². The largest absolute Gasteiger partial charge is 0.392 e. The summed E-state index contributed by atoms with van der Waals surface area (Å²) in [4.78, 5) is 5.63. The Morgan fingerprint density at radius 1 is 1.26 bits per heavy atom. The monoisotopic (exact) mass is 276 g/mol. The van der Waals surface area contributed by atoms with E-state index >= 15 is 0 Å². The molecule has 0 aliphatic heterocycles. The van der Waals surface area contributed by atoms with E-state index in [-0.39, 0.29) is 12.0 Å². The molecule has 100 valence electrons. The first kappa shape index (κ1) is 12.7. The molecule has 1 fully saturated rings. The van der Waals surface area contributed by atoms with E-state index in [1.807, 2.05) is 30.5 Å². The van der Waals surface area contributed by atoms with E-state index in [0.29, 0.717) is 11.7 Å². The van der Waals surface area contributed by atoms with Crippen LogP contribution in [0.1, 0.15) is 31.1 Å². The minimum Gasteiger partial charge on any atom is -0.392 e. The standard InChI is InChI=1S/C14H16N2O2S/c1-19-10-7-5-9(6-8-10)13-15-14(18-16-13)11-3-2-4-12(11)17/h5-8,11-12,17H,2-4H2,1H3. The predicted octanol–water partition coefficient (Wildman–Crippen LogP) is 3.09. The number of nitrogens with zero attached hydrogens (tertiary/aromatic N) is 2. The fourth-order valence-electron chi connectivity index (χ4n) is 2.47. The molecular formula is C14H16N2O2S. The minimum atomic E-state index is -0.341. The van der Waals surface area contributed by atoms with Crippen LogP contribution in [0.5, 0.6) is 0 Å². The van der Waals surface area contributed by atoms with Gasteiger partial charge in [0, 0.05) is 10.5 Å². The van der Waals surface area contributed by atoms with Crippen LogP contribution in [-0.2, 0) is 0 Å². The minimum absolute atomic E-state index is 0.00622. The van der Waals surface area contributed by atoms with Gasteiger partial charge >= 0.3 is 0 Å². The second-order valence-corrected chi connectivity index (χ2v) is 5.67. The quantitative estimate of drug-likeness (QED) is 0.873. The lowest BCUT2D eigenvalue weighted by Gasteiger charge is -2.07. The number of aliphatic hydroxyl groups excluding tert-OH is 1. The molecule has 1 N–H and O–H groups in total. The summed E-state index contributed by atoms with van der Waals surface area (Å²) in [5.74, 6) is 1.17. The Hall–Kier alpha value is -1.33. The summed E-state index contributed by atoms with van der Waals surface area (Å²) in [6, 6.07) is 8.07. The van der Waals surface area contributed by atoms with Crippen LogP contribution in [0.25, 0.3) is 11.4 Å². The number of hydrogen-bond acceptors (Lipinski definition) is 5. The third-order valence-electron chi connectivity index (χ3n) is 3.59. The smallest absolute Gasteiger partial charge is 0.232 e. The van der Waals surface area contributed by atoms with Gasteiger partial charge in [-0.15, -0.1) is 11.8 Å². The van der Waals surface area contributed by atoms with Crippen molar-refractivity contribution in [2.24, 2.45) is 0 Å². The molecule has 2 aromatic rings. The first-order chi connectivity index (χ1) is 9.28. The van der Waals surface area contributed by atoms with Crippen molar-refractivity contribution in [3.8, 4) is 11.4 Å². The number of hydrogen-bond donors (Lipinski definition) is 1. The fourth-order valence-corrected chi connectivity index (χ4v) is 2.88. The van der Waals surface area contributed by atoms with Gasteiger partial charge in [-0.1, -0.05) is 5.16 Å². The highest BCUT2D eigenvalue weighted by atomic mass is 32.2. The topological polar surface area (TPSA) is 59.2 Å². The van der Waals surface area contributed by atoms with Crippen LogP contribution < -0.4 is 0 Å². The maximum absolute atomic E-state index is 9.86. The Kier molecular flexibility index (Phi) is 3.57. The van der Waals surface area contributed by atoms with E-state index in [9.17, 15) is 5.11 Å². The molecule has 0 radical (unpaired) electrons. The summed E-state index contributed by atoms with van der Waals surface area (Å²) in [6.07, 6.45) is 4.47. The van der Waals surface area contributed by atoms with Crippen molar-refractivity contribution in [3.63, 3.8) is 0 Å². The third kappa shape index (κ3) is 2.53. The molecule has 19 heavy (non-hydrogen) atoms. The SMILES string of the molecule is CSc1ccc(-c2noc(C3CCCC3O)n2)cc1. The van der Waals surface area contributed by atoms with Gasteiger partial charge in [0.1, 0.15) is 0 Å². The zero-order valence-electron chi connectivity index (χ0n) is 10.7. The summed E-state index contributed by atoms with van der Waals surface area (Å²) in [5.41, 5.74) is 0.945. The van der Waals surface area contributed by atoms with E-state index in [4.69, 9.17) is 4.52 Å². The van der Waals surface area contributed by atoms with Crippen molar-refractivity contribution >= 4 is 11.8 Å². The molecule has 5 heteroatoms. The van der Waals surface area contributed by atoms with Gasteiger partial charge in [-0.25, -0.2) is 0 Å². The normalized spacial score (nSPS) is 22.8. The highest BCUT2D eigenvalue weighted by Gasteiger charge is 2.31. The van der Waals surface area contributed by atoms with Crippen LogP contribution in [0.4, 0.5) is 0 Å². The molecule has 4 nitrogen and oxygen atoms in total. The molecule has 1 heterocycles. The van der Waals surface area contributed by atoms with Crippen LogP contribution >= 0.6 is 11.8 Å². The van der Waals surface area contributed by atoms with E-state index < -0.39 is 0 Å². The van der Waals surface area contributed by atoms with Gasteiger partial charge in [-0.2, -0.15) is 4.98 Å². The van der Waals surface area contributed by atoms with Crippen molar-refractivity contribution in [2.75, 3.05) is 6.26 Å². The molecule has 0 saturated heterocycles. The molecular weight excluding hydrogens is 260 g/mol. The van der Waals surface area contributed by atoms with Gasteiger partial charge in [-0.3, -0.25) is 0 Å². The van der Waals surface area contributed by atoms with Crippen LogP contribution in [0.2, 0.25) is 0 Å². The molecule has 1 aliphatic carbocycles. The maximum Gasteiger partial charge on any atom is 0.232 e. The molecule has 1 aromatic heterocycles. The van der Waals surface area contributed by atoms with E-state index in [1.165, 1.54) is 4.90 Å². The highest BCUT2D eigenvalue weighted by Crippen LogP contribution is 2.34. The molecule has 0 amide bonds. The zero-order chi connectivity index (χ0) is 13.2. The van der Waals surface area contributed by atoms with Crippen molar-refractivity contribution in [1.82, 2.24) is 10.1 Å². The lowest BCUT2D eigenvalue weighted by molar-refractivity contribution is 0.148. The van der Waals surface area contributed by atoms with Crippen LogP contribution in [-0.4, -0.2) is 27.6 Å².